The van der Waals surface area contributed by atoms with Crippen LogP contribution in [-0.2, 0) is 17.8 Å². The second-order valence-corrected chi connectivity index (χ2v) is 7.24. The van der Waals surface area contributed by atoms with Crippen LogP contribution in [0.15, 0.2) is 66.7 Å². The van der Waals surface area contributed by atoms with E-state index in [1.165, 1.54) is 0 Å². The first-order chi connectivity index (χ1) is 15.2. The van der Waals surface area contributed by atoms with Gasteiger partial charge in [-0.3, -0.25) is 4.79 Å². The number of hydrogen-bond acceptors (Lipinski definition) is 5. The maximum absolute atomic E-state index is 12.9. The van der Waals surface area contributed by atoms with Crippen LogP contribution in [0.1, 0.15) is 11.4 Å². The summed E-state index contributed by atoms with van der Waals surface area (Å²) >= 11 is 0. The number of aromatic nitrogens is 2. The smallest absolute Gasteiger partial charge is 0.244 e. The molecular formula is C24H21N3O4. The number of para-hydroxylation sites is 2. The van der Waals surface area contributed by atoms with Gasteiger partial charge in [-0.25, -0.2) is 4.98 Å². The molecule has 156 valence electrons. The van der Waals surface area contributed by atoms with E-state index in [2.05, 4.69) is 5.32 Å². The minimum Gasteiger partial charge on any atom is -0.497 e. The summed E-state index contributed by atoms with van der Waals surface area (Å²) in [5.74, 6) is 2.80. The van der Waals surface area contributed by atoms with E-state index in [1.54, 1.807) is 25.3 Å². The molecule has 3 aromatic carbocycles. The summed E-state index contributed by atoms with van der Waals surface area (Å²) in [6.45, 7) is 0.350. The van der Waals surface area contributed by atoms with Crippen molar-refractivity contribution in [3.63, 3.8) is 0 Å². The first kappa shape index (κ1) is 19.0. The van der Waals surface area contributed by atoms with Crippen molar-refractivity contribution in [1.82, 2.24) is 9.55 Å². The van der Waals surface area contributed by atoms with E-state index in [-0.39, 0.29) is 19.2 Å². The number of benzene rings is 3. The highest BCUT2D eigenvalue weighted by Crippen LogP contribution is 2.34. The van der Waals surface area contributed by atoms with Gasteiger partial charge in [-0.05, 0) is 42.0 Å². The number of carbonyl (C=O) groups is 1. The van der Waals surface area contributed by atoms with Crippen molar-refractivity contribution in [1.29, 1.82) is 0 Å². The van der Waals surface area contributed by atoms with Gasteiger partial charge in [-0.15, -0.1) is 0 Å². The number of ether oxygens (including phenoxy) is 3. The molecule has 0 aliphatic carbocycles. The standard InChI is InChI=1S/C24H21N3O4/c1-29-18-9-6-16(7-10-18)12-23-26-19-4-2-3-5-20(19)27(23)14-24(28)25-17-8-11-21-22(13-17)31-15-30-21/h2-11,13H,12,14-15H2,1H3,(H,25,28). The van der Waals surface area contributed by atoms with Gasteiger partial charge in [-0.1, -0.05) is 24.3 Å². The average molecular weight is 415 g/mol. The lowest BCUT2D eigenvalue weighted by atomic mass is 10.1. The normalized spacial score (nSPS) is 12.2. The van der Waals surface area contributed by atoms with Crippen LogP contribution in [0.5, 0.6) is 17.2 Å². The number of imidazole rings is 1. The van der Waals surface area contributed by atoms with E-state index >= 15 is 0 Å². The fraction of sp³-hybridized carbons (Fsp3) is 0.167. The van der Waals surface area contributed by atoms with E-state index in [9.17, 15) is 4.79 Å². The van der Waals surface area contributed by atoms with E-state index < -0.39 is 0 Å². The lowest BCUT2D eigenvalue weighted by Crippen LogP contribution is -2.20. The fourth-order valence-electron chi connectivity index (χ4n) is 3.68. The van der Waals surface area contributed by atoms with Gasteiger partial charge >= 0.3 is 0 Å². The fourth-order valence-corrected chi connectivity index (χ4v) is 3.68. The lowest BCUT2D eigenvalue weighted by molar-refractivity contribution is -0.116. The molecule has 0 bridgehead atoms. The van der Waals surface area contributed by atoms with Crippen LogP contribution in [-0.4, -0.2) is 29.4 Å². The molecule has 4 aromatic rings. The molecule has 0 saturated carbocycles. The molecule has 1 amide bonds. The van der Waals surface area contributed by atoms with Crippen molar-refractivity contribution >= 4 is 22.6 Å². The summed E-state index contributed by atoms with van der Waals surface area (Å²) in [7, 11) is 1.65. The Labute approximate surface area is 179 Å². The molecule has 0 spiro atoms. The van der Waals surface area contributed by atoms with Crippen molar-refractivity contribution in [2.75, 3.05) is 19.2 Å². The Bertz CT molecular complexity index is 1250. The maximum atomic E-state index is 12.9. The van der Waals surface area contributed by atoms with Crippen molar-refractivity contribution in [3.8, 4) is 17.2 Å². The van der Waals surface area contributed by atoms with E-state index in [4.69, 9.17) is 19.2 Å². The summed E-state index contributed by atoms with van der Waals surface area (Å²) in [5, 5.41) is 2.94. The van der Waals surface area contributed by atoms with Crippen molar-refractivity contribution in [2.24, 2.45) is 0 Å². The number of amides is 1. The van der Waals surface area contributed by atoms with Gasteiger partial charge in [0.2, 0.25) is 12.7 Å². The third-order valence-electron chi connectivity index (χ3n) is 5.21. The lowest BCUT2D eigenvalue weighted by Gasteiger charge is -2.11. The average Bonchev–Trinajstić information content (AvgIpc) is 3.39. The molecule has 0 fully saturated rings. The Morgan fingerprint density at radius 2 is 1.87 bits per heavy atom. The second-order valence-electron chi connectivity index (χ2n) is 7.24. The third-order valence-corrected chi connectivity index (χ3v) is 5.21. The van der Waals surface area contributed by atoms with E-state index in [0.29, 0.717) is 23.6 Å². The van der Waals surface area contributed by atoms with Crippen LogP contribution in [0.2, 0.25) is 0 Å². The van der Waals surface area contributed by atoms with Gasteiger partial charge in [0.25, 0.3) is 0 Å². The van der Waals surface area contributed by atoms with E-state index in [0.717, 1.165) is 28.2 Å². The number of anilines is 1. The first-order valence-corrected chi connectivity index (χ1v) is 9.96. The molecule has 0 radical (unpaired) electrons. The molecule has 0 saturated heterocycles. The molecule has 0 unspecified atom stereocenters. The van der Waals surface area contributed by atoms with Gasteiger partial charge in [0.15, 0.2) is 11.5 Å². The van der Waals surface area contributed by atoms with Crippen molar-refractivity contribution in [2.45, 2.75) is 13.0 Å². The SMILES string of the molecule is COc1ccc(Cc2nc3ccccc3n2CC(=O)Nc2ccc3c(c2)OCO3)cc1. The van der Waals surface area contributed by atoms with Gasteiger partial charge in [0, 0.05) is 18.2 Å². The van der Waals surface area contributed by atoms with Crippen molar-refractivity contribution in [3.05, 3.63) is 78.1 Å². The summed E-state index contributed by atoms with van der Waals surface area (Å²) < 4.78 is 17.9. The Kier molecular flexibility index (Phi) is 4.92. The highest BCUT2D eigenvalue weighted by atomic mass is 16.7. The third kappa shape index (κ3) is 3.90. The molecule has 1 aromatic heterocycles. The number of nitrogens with zero attached hydrogens (tertiary/aromatic N) is 2. The largest absolute Gasteiger partial charge is 0.497 e. The molecular weight excluding hydrogens is 394 g/mol. The Balaban J connectivity index is 1.40. The maximum Gasteiger partial charge on any atom is 0.244 e. The quantitative estimate of drug-likeness (QED) is 0.515. The summed E-state index contributed by atoms with van der Waals surface area (Å²) in [6.07, 6.45) is 0.607. The Morgan fingerprint density at radius 3 is 2.71 bits per heavy atom. The van der Waals surface area contributed by atoms with Crippen molar-refractivity contribution < 1.29 is 19.0 Å². The second kappa shape index (κ2) is 8.02. The summed E-state index contributed by atoms with van der Waals surface area (Å²) in [6, 6.07) is 21.1. The predicted octanol–water partition coefficient (Wildman–Crippen LogP) is 4.00. The number of hydrogen-bond donors (Lipinski definition) is 1. The van der Waals surface area contributed by atoms with Crippen LogP contribution < -0.4 is 19.5 Å². The zero-order valence-corrected chi connectivity index (χ0v) is 17.0. The molecule has 5 rings (SSSR count). The van der Waals surface area contributed by atoms with Gasteiger partial charge in [-0.2, -0.15) is 0 Å². The number of fused-ring (bicyclic) bond motifs is 2. The van der Waals surface area contributed by atoms with Crippen LogP contribution in [0.3, 0.4) is 0 Å². The zero-order valence-electron chi connectivity index (χ0n) is 17.0. The first-order valence-electron chi connectivity index (χ1n) is 9.96. The summed E-state index contributed by atoms with van der Waals surface area (Å²) in [4.78, 5) is 17.6. The number of nitrogens with one attached hydrogen (secondary N) is 1. The molecule has 0 atom stereocenters. The van der Waals surface area contributed by atoms with Crippen LogP contribution in [0.25, 0.3) is 11.0 Å². The Hall–Kier alpha value is -4.00. The van der Waals surface area contributed by atoms with Crippen LogP contribution in [0, 0.1) is 0 Å². The van der Waals surface area contributed by atoms with Gasteiger partial charge < -0.3 is 24.1 Å². The molecule has 1 aliphatic rings. The molecule has 31 heavy (non-hydrogen) atoms. The molecule has 2 heterocycles. The highest BCUT2D eigenvalue weighted by molar-refractivity contribution is 5.92. The molecule has 7 heteroatoms. The molecule has 7 nitrogen and oxygen atoms in total. The molecule has 1 aliphatic heterocycles. The topological polar surface area (TPSA) is 74.6 Å². The number of rotatable bonds is 6. The minimum atomic E-state index is -0.141. The predicted molar refractivity (Wildman–Crippen MR) is 117 cm³/mol. The van der Waals surface area contributed by atoms with Gasteiger partial charge in [0.1, 0.15) is 18.1 Å². The Morgan fingerprint density at radius 1 is 1.06 bits per heavy atom. The zero-order chi connectivity index (χ0) is 21.2. The number of carbonyl (C=O) groups excluding carboxylic acids is 1. The number of methoxy groups -OCH3 is 1. The summed E-state index contributed by atoms with van der Waals surface area (Å²) in [5.41, 5.74) is 3.54. The van der Waals surface area contributed by atoms with Gasteiger partial charge in [0.05, 0.1) is 18.1 Å². The molecule has 1 N–H and O–H groups in total. The minimum absolute atomic E-state index is 0.141. The monoisotopic (exact) mass is 415 g/mol. The van der Waals surface area contributed by atoms with Crippen LogP contribution >= 0.6 is 0 Å². The van der Waals surface area contributed by atoms with Crippen LogP contribution in [0.4, 0.5) is 5.69 Å². The highest BCUT2D eigenvalue weighted by Gasteiger charge is 2.17. The van der Waals surface area contributed by atoms with E-state index in [1.807, 2.05) is 53.1 Å².